The van der Waals surface area contributed by atoms with E-state index in [1.54, 1.807) is 40.5 Å². The fourth-order valence-corrected chi connectivity index (χ4v) is 4.00. The molecule has 0 bridgehead atoms. The summed E-state index contributed by atoms with van der Waals surface area (Å²) in [6.07, 6.45) is -0.996. The molecule has 0 unspecified atom stereocenters. The summed E-state index contributed by atoms with van der Waals surface area (Å²) in [5.74, 6) is -0.661. The lowest BCUT2D eigenvalue weighted by atomic mass is 9.96. The summed E-state index contributed by atoms with van der Waals surface area (Å²) in [7, 11) is 1.53. The van der Waals surface area contributed by atoms with Crippen LogP contribution in [0, 0.1) is 0 Å². The van der Waals surface area contributed by atoms with Gasteiger partial charge < -0.3 is 9.64 Å². The largest absolute Gasteiger partial charge is 0.358 e. The van der Waals surface area contributed by atoms with Crippen LogP contribution in [0.2, 0.25) is 0 Å². The van der Waals surface area contributed by atoms with Gasteiger partial charge in [0.05, 0.1) is 0 Å². The number of rotatable bonds is 7. The highest BCUT2D eigenvalue weighted by Gasteiger charge is 2.42. The van der Waals surface area contributed by atoms with Crippen molar-refractivity contribution in [3.05, 3.63) is 52.7 Å². The molecule has 0 atom stereocenters. The van der Waals surface area contributed by atoms with Crippen molar-refractivity contribution >= 4 is 22.9 Å². The summed E-state index contributed by atoms with van der Waals surface area (Å²) in [5, 5.41) is 1.94. The van der Waals surface area contributed by atoms with Crippen LogP contribution in [0.1, 0.15) is 36.5 Å². The number of aryl methyl sites for hydroxylation is 1. The molecule has 2 heterocycles. The van der Waals surface area contributed by atoms with Gasteiger partial charge in [-0.1, -0.05) is 31.2 Å². The van der Waals surface area contributed by atoms with Crippen LogP contribution in [0.5, 0.6) is 0 Å². The number of anilines is 1. The number of hydrogen-bond acceptors (Lipinski definition) is 4. The molecule has 0 spiro atoms. The van der Waals surface area contributed by atoms with Crippen LogP contribution >= 0.6 is 11.3 Å². The average molecular weight is 377 g/mol. The Hall–Kier alpha value is -1.69. The van der Waals surface area contributed by atoms with Gasteiger partial charge in [-0.3, -0.25) is 9.69 Å². The Balaban J connectivity index is 1.85. The topological polar surface area (TPSA) is 32.8 Å². The summed E-state index contributed by atoms with van der Waals surface area (Å²) in [4.78, 5) is 17.3. The maximum absolute atomic E-state index is 13.1. The normalized spacial score (nSPS) is 20.5. The number of para-hydroxylation sites is 1. The fourth-order valence-electron chi connectivity index (χ4n) is 3.36. The van der Waals surface area contributed by atoms with Gasteiger partial charge in [0.1, 0.15) is 5.72 Å². The quantitative estimate of drug-likeness (QED) is 0.680. The third kappa shape index (κ3) is 4.17. The van der Waals surface area contributed by atoms with Crippen molar-refractivity contribution in [2.24, 2.45) is 0 Å². The minimum absolute atomic E-state index is 0.309. The minimum Gasteiger partial charge on any atom is -0.358 e. The second-order valence-corrected chi connectivity index (χ2v) is 7.31. The molecular formula is C21H28N2O2S. The van der Waals surface area contributed by atoms with Crippen LogP contribution in [-0.4, -0.2) is 43.2 Å². The van der Waals surface area contributed by atoms with Crippen molar-refractivity contribution in [2.75, 3.05) is 31.6 Å². The molecule has 4 nitrogen and oxygen atoms in total. The van der Waals surface area contributed by atoms with E-state index in [-0.39, 0.29) is 0 Å². The Morgan fingerprint density at radius 2 is 2.00 bits per heavy atom. The molecular weight excluding hydrogens is 344 g/mol. The molecule has 1 fully saturated rings. The van der Waals surface area contributed by atoms with Gasteiger partial charge >= 0.3 is 0 Å². The molecule has 1 saturated heterocycles. The number of carbonyl (C=O) groups excluding carboxylic acids is 1. The molecule has 0 saturated carbocycles. The maximum atomic E-state index is 13.1. The summed E-state index contributed by atoms with van der Waals surface area (Å²) in [6, 6.07) is 12.8. The molecule has 1 aliphatic heterocycles. The summed E-state index contributed by atoms with van der Waals surface area (Å²) in [5.41, 5.74) is -0.456. The highest BCUT2D eigenvalue weighted by atomic mass is 32.1. The number of benzene rings is 1. The smallest absolute Gasteiger partial charge is 0.229 e. The molecule has 0 radical (unpaired) electrons. The number of carbonyl (C=O) groups is 1. The Morgan fingerprint density at radius 3 is 2.58 bits per heavy atom. The van der Waals surface area contributed by atoms with Gasteiger partial charge in [0.25, 0.3) is 0 Å². The van der Waals surface area contributed by atoms with E-state index in [0.29, 0.717) is 38.0 Å². The Morgan fingerprint density at radius 1 is 1.27 bits per heavy atom. The summed E-state index contributed by atoms with van der Waals surface area (Å²) >= 11 is 1.54. The summed E-state index contributed by atoms with van der Waals surface area (Å²) in [6.45, 7) is 0.542. The molecule has 1 aliphatic rings. The predicted molar refractivity (Wildman–Crippen MR) is 108 cm³/mol. The van der Waals surface area contributed by atoms with Crippen LogP contribution in [0.3, 0.4) is 0 Å². The van der Waals surface area contributed by atoms with Crippen LogP contribution in [0.4, 0.5) is 5.69 Å². The fraction of sp³-hybridized carbons (Fsp3) is 0.476. The highest BCUT2D eigenvalue weighted by molar-refractivity contribution is 7.09. The molecule has 0 aliphatic carbocycles. The van der Waals surface area contributed by atoms with Crippen molar-refractivity contribution in [3.8, 4) is 0 Å². The molecule has 1 amide bonds. The van der Waals surface area contributed by atoms with Crippen molar-refractivity contribution in [1.29, 1.82) is 0 Å². The first kappa shape index (κ1) is 14.4. The first-order valence-corrected chi connectivity index (χ1v) is 9.69. The van der Waals surface area contributed by atoms with Gasteiger partial charge in [-0.15, -0.1) is 11.3 Å². The number of thiophene rings is 1. The third-order valence-corrected chi connectivity index (χ3v) is 5.70. The van der Waals surface area contributed by atoms with E-state index < -0.39 is 24.5 Å². The molecule has 1 aromatic carbocycles. The van der Waals surface area contributed by atoms with Gasteiger partial charge in [0.15, 0.2) is 0 Å². The average Bonchev–Trinajstić information content (AvgIpc) is 3.21. The van der Waals surface area contributed by atoms with Crippen LogP contribution in [0.15, 0.2) is 47.8 Å². The molecule has 140 valence electrons. The van der Waals surface area contributed by atoms with E-state index in [9.17, 15) is 4.79 Å². The van der Waals surface area contributed by atoms with Crippen LogP contribution < -0.4 is 4.90 Å². The standard InChI is InChI=1S/C21H28N2O2S/c1-3-20(24)23(18-8-5-4-6-9-18)21(25-2)12-15-22(16-13-21)14-11-19-10-7-17-26-19/h4-10,17H,3,11-16H2,1-2H3/i3D2,14D2. The monoisotopic (exact) mass is 376 g/mol. The lowest BCUT2D eigenvalue weighted by Gasteiger charge is -2.47. The number of amides is 1. The maximum Gasteiger partial charge on any atom is 0.229 e. The lowest BCUT2D eigenvalue weighted by molar-refractivity contribution is -0.128. The molecule has 0 N–H and O–H groups in total. The third-order valence-electron chi connectivity index (χ3n) is 4.82. The molecule has 26 heavy (non-hydrogen) atoms. The van der Waals surface area contributed by atoms with Crippen LogP contribution in [-0.2, 0) is 16.0 Å². The van der Waals surface area contributed by atoms with Gasteiger partial charge in [-0.05, 0) is 30.0 Å². The van der Waals surface area contributed by atoms with Crippen molar-refractivity contribution in [2.45, 2.75) is 38.3 Å². The Bertz CT molecular complexity index is 832. The van der Waals surface area contributed by atoms with E-state index in [1.165, 1.54) is 18.9 Å². The first-order chi connectivity index (χ1) is 14.1. The molecule has 3 rings (SSSR count). The Kier molecular flexibility index (Phi) is 4.87. The van der Waals surface area contributed by atoms with E-state index in [4.69, 9.17) is 10.2 Å². The number of likely N-dealkylation sites (tertiary alicyclic amines) is 1. The zero-order valence-electron chi connectivity index (χ0n) is 19.3. The second kappa shape index (κ2) is 8.80. The van der Waals surface area contributed by atoms with Gasteiger partial charge in [0.2, 0.25) is 5.91 Å². The van der Waals surface area contributed by atoms with Gasteiger partial charge in [0, 0.05) is 62.0 Å². The molecule has 1 aromatic heterocycles. The number of nitrogens with zero attached hydrogens (tertiary/aromatic N) is 2. The highest BCUT2D eigenvalue weighted by Crippen LogP contribution is 2.34. The van der Waals surface area contributed by atoms with Gasteiger partial charge in [-0.2, -0.15) is 0 Å². The Labute approximate surface area is 166 Å². The van der Waals surface area contributed by atoms with E-state index >= 15 is 0 Å². The van der Waals surface area contributed by atoms with E-state index in [0.717, 1.165) is 4.88 Å². The lowest BCUT2D eigenvalue weighted by Crippen LogP contribution is -2.59. The van der Waals surface area contributed by atoms with Crippen molar-refractivity contribution in [1.82, 2.24) is 4.90 Å². The predicted octanol–water partition coefficient (Wildman–Crippen LogP) is 4.17. The zero-order chi connectivity index (χ0) is 22.0. The molecule has 2 aromatic rings. The second-order valence-electron chi connectivity index (χ2n) is 6.28. The van der Waals surface area contributed by atoms with Crippen LogP contribution in [0.25, 0.3) is 0 Å². The van der Waals surface area contributed by atoms with E-state index in [2.05, 4.69) is 0 Å². The number of methoxy groups -OCH3 is 1. The number of piperidine rings is 1. The van der Waals surface area contributed by atoms with Gasteiger partial charge in [-0.25, -0.2) is 0 Å². The molecule has 5 heteroatoms. The minimum atomic E-state index is -2.06. The summed E-state index contributed by atoms with van der Waals surface area (Å²) < 4.78 is 39.0. The number of ether oxygens (including phenoxy) is 1. The van der Waals surface area contributed by atoms with Crippen molar-refractivity contribution < 1.29 is 15.0 Å². The first-order valence-electron chi connectivity index (χ1n) is 10.8. The number of hydrogen-bond donors (Lipinski definition) is 0. The zero-order valence-corrected chi connectivity index (χ0v) is 16.1. The van der Waals surface area contributed by atoms with E-state index in [1.807, 2.05) is 23.6 Å². The SMILES string of the molecule is [2H]C([2H])(C)C(=O)N(c1ccccc1)C1(OC)CCN(C([2H])([2H])Cc2cccs2)CC1. The van der Waals surface area contributed by atoms with Crippen molar-refractivity contribution in [3.63, 3.8) is 0 Å².